The van der Waals surface area contributed by atoms with Crippen molar-refractivity contribution in [2.45, 2.75) is 90.5 Å². The molecule has 3 aromatic carbocycles. The minimum absolute atomic E-state index is 0.108. The molecule has 0 radical (unpaired) electrons. The van der Waals surface area contributed by atoms with E-state index in [-0.39, 0.29) is 35.7 Å². The number of anilines is 1. The molecule has 6 aromatic rings. The molecule has 0 aliphatic carbocycles. The Bertz CT molecular complexity index is 2720. The highest BCUT2D eigenvalue weighted by molar-refractivity contribution is 5.89. The number of nitrogens with zero attached hydrogens (tertiary/aromatic N) is 6. The fraction of sp³-hybridized carbons (Fsp3) is 0.457. The van der Waals surface area contributed by atoms with Crippen LogP contribution in [0.15, 0.2) is 48.5 Å². The average molecular weight is 858 g/mol. The number of H-pyrrole nitrogens is 3. The van der Waals surface area contributed by atoms with Gasteiger partial charge in [-0.05, 0) is 104 Å². The number of likely N-dealkylation sites (tertiary alicyclic amines) is 2. The number of rotatable bonds is 10. The molecule has 4 atom stereocenters. The van der Waals surface area contributed by atoms with Crippen LogP contribution in [0.1, 0.15) is 88.2 Å². The van der Waals surface area contributed by atoms with E-state index in [1.165, 1.54) is 25.3 Å². The van der Waals surface area contributed by atoms with E-state index in [9.17, 15) is 19.2 Å². The van der Waals surface area contributed by atoms with E-state index in [0.29, 0.717) is 13.1 Å². The van der Waals surface area contributed by atoms with Gasteiger partial charge in [0.15, 0.2) is 0 Å². The zero-order chi connectivity index (χ0) is 44.1. The van der Waals surface area contributed by atoms with Crippen molar-refractivity contribution in [3.8, 4) is 11.4 Å². The molecule has 2 fully saturated rings. The molecule has 63 heavy (non-hydrogen) atoms. The molecular weight excluding hydrogens is 803 g/mol. The number of nitrogens with one attached hydrogen (secondary N) is 5. The number of hydrogen-bond donors (Lipinski definition) is 5. The van der Waals surface area contributed by atoms with Crippen LogP contribution in [0.4, 0.5) is 15.3 Å². The second kappa shape index (κ2) is 16.9. The summed E-state index contributed by atoms with van der Waals surface area (Å²) in [6, 6.07) is 14.9. The van der Waals surface area contributed by atoms with E-state index < -0.39 is 24.3 Å². The molecule has 0 spiro atoms. The highest BCUT2D eigenvalue weighted by atomic mass is 16.5. The second-order valence-corrected chi connectivity index (χ2v) is 17.7. The van der Waals surface area contributed by atoms with Crippen LogP contribution < -0.4 is 15.5 Å². The first-order chi connectivity index (χ1) is 30.4. The molecule has 3 aromatic heterocycles. The molecule has 5 N–H and O–H groups in total. The summed E-state index contributed by atoms with van der Waals surface area (Å²) in [6.45, 7) is 10.4. The molecule has 9 rings (SSSR count). The van der Waals surface area contributed by atoms with Crippen molar-refractivity contribution in [3.63, 3.8) is 0 Å². The number of ether oxygens (including phenoxy) is 2. The van der Waals surface area contributed by atoms with Crippen molar-refractivity contribution < 1.29 is 28.7 Å². The lowest BCUT2D eigenvalue weighted by Gasteiger charge is -2.30. The van der Waals surface area contributed by atoms with Gasteiger partial charge in [0.05, 0.1) is 59.4 Å². The van der Waals surface area contributed by atoms with Gasteiger partial charge in [-0.3, -0.25) is 9.59 Å². The molecule has 3 aliphatic heterocycles. The van der Waals surface area contributed by atoms with Gasteiger partial charge in [-0.25, -0.2) is 24.5 Å². The second-order valence-electron chi connectivity index (χ2n) is 17.7. The van der Waals surface area contributed by atoms with Crippen LogP contribution in [0.2, 0.25) is 0 Å². The molecule has 4 unspecified atom stereocenters. The van der Waals surface area contributed by atoms with Gasteiger partial charge in [-0.15, -0.1) is 0 Å². The Balaban J connectivity index is 0.905. The van der Waals surface area contributed by atoms with Crippen LogP contribution >= 0.6 is 0 Å². The van der Waals surface area contributed by atoms with Crippen LogP contribution in [-0.4, -0.2) is 110 Å². The maximum atomic E-state index is 13.7. The zero-order valence-electron chi connectivity index (χ0n) is 36.6. The summed E-state index contributed by atoms with van der Waals surface area (Å²) in [5.41, 5.74) is 9.81. The van der Waals surface area contributed by atoms with Crippen molar-refractivity contribution in [1.29, 1.82) is 0 Å². The number of methoxy groups -OCH3 is 2. The SMILES string of the molecule is COC(=O)NC(C(=O)N1CCCC1c1nc2ccc(-c3nc4cc5c(cc4[nH]3)CN(c3ccc4nc(C6CCCN6C(=O)C(NC(=O)OC)C(C)C)[nH]c4c3)CC5)cc2[nH]1)C(C)C. The lowest BCUT2D eigenvalue weighted by atomic mass is 9.98. The first kappa shape index (κ1) is 41.7. The lowest BCUT2D eigenvalue weighted by Crippen LogP contribution is -2.51. The number of carbonyl (C=O) groups excluding carboxylic acids is 4. The Kier molecular flexibility index (Phi) is 11.2. The maximum Gasteiger partial charge on any atom is 0.407 e. The monoisotopic (exact) mass is 857 g/mol. The van der Waals surface area contributed by atoms with Crippen molar-refractivity contribution in [2.24, 2.45) is 11.8 Å². The first-order valence-electron chi connectivity index (χ1n) is 21.9. The topological polar surface area (TPSA) is 207 Å². The standard InChI is InChI=1S/C46H55N11O6/c1-24(2)38(53-45(60)62-5)43(58)56-16-7-9-36(56)41-47-30-13-11-27(20-32(30)51-41)40-49-33-19-26-15-18-55(23-28(26)21-34(33)50-40)29-12-14-31-35(22-29)52-42(48-31)37-10-8-17-57(37)44(59)39(25(3)4)54-46(61)63-6/h11-14,19-22,24-25,36-39H,7-10,15-18,23H2,1-6H3,(H,47,51)(H,48,52)(H,49,50)(H,53,60)(H,54,61). The molecule has 0 saturated carbocycles. The minimum atomic E-state index is -0.700. The predicted octanol–water partition coefficient (Wildman–Crippen LogP) is 6.63. The Morgan fingerprint density at radius 3 is 1.78 bits per heavy atom. The molecule has 2 saturated heterocycles. The highest BCUT2D eigenvalue weighted by Crippen LogP contribution is 2.36. The number of benzene rings is 3. The van der Waals surface area contributed by atoms with Gasteiger partial charge >= 0.3 is 12.2 Å². The third kappa shape index (κ3) is 8.00. The quantitative estimate of drug-likeness (QED) is 0.0994. The van der Waals surface area contributed by atoms with E-state index in [2.05, 4.69) is 54.8 Å². The van der Waals surface area contributed by atoms with E-state index >= 15 is 0 Å². The van der Waals surface area contributed by atoms with E-state index in [1.54, 1.807) is 0 Å². The van der Waals surface area contributed by atoms with Crippen LogP contribution in [0.3, 0.4) is 0 Å². The lowest BCUT2D eigenvalue weighted by molar-refractivity contribution is -0.136. The van der Waals surface area contributed by atoms with Gasteiger partial charge in [0.1, 0.15) is 29.6 Å². The van der Waals surface area contributed by atoms with Gasteiger partial charge in [0, 0.05) is 37.4 Å². The fourth-order valence-electron chi connectivity index (χ4n) is 9.51. The van der Waals surface area contributed by atoms with Gasteiger partial charge in [0.2, 0.25) is 11.8 Å². The third-order valence-corrected chi connectivity index (χ3v) is 12.9. The van der Waals surface area contributed by atoms with Crippen LogP contribution in [0.5, 0.6) is 0 Å². The summed E-state index contributed by atoms with van der Waals surface area (Å²) in [5, 5.41) is 5.44. The molecule has 330 valence electrons. The van der Waals surface area contributed by atoms with Gasteiger partial charge in [-0.1, -0.05) is 27.7 Å². The van der Waals surface area contributed by atoms with Gasteiger partial charge < -0.3 is 49.8 Å². The van der Waals surface area contributed by atoms with E-state index in [0.717, 1.165) is 107 Å². The number of aromatic amines is 3. The number of hydrogen-bond acceptors (Lipinski definition) is 10. The predicted molar refractivity (Wildman–Crippen MR) is 238 cm³/mol. The third-order valence-electron chi connectivity index (χ3n) is 12.9. The maximum absolute atomic E-state index is 13.7. The van der Waals surface area contributed by atoms with Crippen LogP contribution in [0.25, 0.3) is 44.5 Å². The summed E-state index contributed by atoms with van der Waals surface area (Å²) < 4.78 is 9.58. The van der Waals surface area contributed by atoms with E-state index in [1.807, 2.05) is 61.8 Å². The Hall–Kier alpha value is -6.65. The van der Waals surface area contributed by atoms with Gasteiger partial charge in [-0.2, -0.15) is 0 Å². The number of aromatic nitrogens is 6. The van der Waals surface area contributed by atoms with Crippen LogP contribution in [0, 0.1) is 11.8 Å². The number of carbonyl (C=O) groups is 4. The van der Waals surface area contributed by atoms with Crippen molar-refractivity contribution in [3.05, 3.63) is 71.3 Å². The van der Waals surface area contributed by atoms with Gasteiger partial charge in [0.25, 0.3) is 0 Å². The zero-order valence-corrected chi connectivity index (χ0v) is 36.6. The fourth-order valence-corrected chi connectivity index (χ4v) is 9.51. The summed E-state index contributed by atoms with van der Waals surface area (Å²) in [7, 11) is 2.59. The number of alkyl carbamates (subject to hydrolysis) is 2. The number of imidazole rings is 3. The molecule has 6 heterocycles. The molecule has 17 nitrogen and oxygen atoms in total. The van der Waals surface area contributed by atoms with Crippen LogP contribution in [-0.2, 0) is 32.0 Å². The minimum Gasteiger partial charge on any atom is -0.453 e. The normalized spacial score (nSPS) is 18.7. The molecule has 0 bridgehead atoms. The summed E-state index contributed by atoms with van der Waals surface area (Å²) in [4.78, 5) is 83.0. The number of amides is 4. The molecule has 17 heteroatoms. The Morgan fingerprint density at radius 2 is 1.21 bits per heavy atom. The molecule has 4 amide bonds. The van der Waals surface area contributed by atoms with Crippen molar-refractivity contribution in [2.75, 3.05) is 38.8 Å². The largest absolute Gasteiger partial charge is 0.453 e. The summed E-state index contributed by atoms with van der Waals surface area (Å²) >= 11 is 0. The summed E-state index contributed by atoms with van der Waals surface area (Å²) in [6.07, 6.45) is 2.87. The summed E-state index contributed by atoms with van der Waals surface area (Å²) in [5.74, 6) is 1.74. The Morgan fingerprint density at radius 1 is 0.651 bits per heavy atom. The smallest absolute Gasteiger partial charge is 0.407 e. The molecular formula is C46H55N11O6. The average Bonchev–Trinajstić information content (AvgIpc) is 4.14. The highest BCUT2D eigenvalue weighted by Gasteiger charge is 2.39. The Labute approximate surface area is 364 Å². The molecule has 3 aliphatic rings. The first-order valence-corrected chi connectivity index (χ1v) is 21.9. The van der Waals surface area contributed by atoms with E-state index in [4.69, 9.17) is 24.4 Å². The number of fused-ring (bicyclic) bond motifs is 4. The van der Waals surface area contributed by atoms with Crippen molar-refractivity contribution in [1.82, 2.24) is 50.3 Å². The van der Waals surface area contributed by atoms with Crippen molar-refractivity contribution >= 4 is 62.8 Å².